The number of ether oxygens (including phenoxy) is 1. The number of aromatic nitrogens is 1. The largest absolute Gasteiger partial charge is 0.465 e. The molecule has 2 aliphatic rings. The summed E-state index contributed by atoms with van der Waals surface area (Å²) in [6.07, 6.45) is 4.53. The van der Waals surface area contributed by atoms with Crippen LogP contribution in [-0.4, -0.2) is 85.9 Å². The molecule has 2 fully saturated rings. The van der Waals surface area contributed by atoms with Crippen LogP contribution >= 0.6 is 0 Å². The Kier molecular flexibility index (Phi) is 9.38. The van der Waals surface area contributed by atoms with Gasteiger partial charge < -0.3 is 30.3 Å². The van der Waals surface area contributed by atoms with Gasteiger partial charge in [0.1, 0.15) is 12.4 Å². The van der Waals surface area contributed by atoms with E-state index in [4.69, 9.17) is 14.8 Å². The summed E-state index contributed by atoms with van der Waals surface area (Å²) in [5.41, 5.74) is 1.41. The van der Waals surface area contributed by atoms with Gasteiger partial charge in [0.2, 0.25) is 5.91 Å². The third-order valence-electron chi connectivity index (χ3n) is 7.71. The Bertz CT molecular complexity index is 1120. The van der Waals surface area contributed by atoms with Crippen molar-refractivity contribution in [1.82, 2.24) is 20.5 Å². The third kappa shape index (κ3) is 7.34. The van der Waals surface area contributed by atoms with Crippen LogP contribution in [0.15, 0.2) is 30.3 Å². The number of carbonyl (C=O) groups is 3. The molecule has 206 valence electrons. The topological polar surface area (TPSA) is 124 Å². The molecule has 0 unspecified atom stereocenters. The minimum Gasteiger partial charge on any atom is -0.465 e. The van der Waals surface area contributed by atoms with Gasteiger partial charge in [0.25, 0.3) is 5.91 Å². The Balaban J connectivity index is 1.35. The van der Waals surface area contributed by atoms with Gasteiger partial charge in [0, 0.05) is 45.7 Å². The molecule has 0 spiro atoms. The lowest BCUT2D eigenvalue weighted by Gasteiger charge is -2.33. The highest BCUT2D eigenvalue weighted by molar-refractivity contribution is 6.07. The molecule has 1 saturated carbocycles. The van der Waals surface area contributed by atoms with Crippen molar-refractivity contribution in [1.29, 1.82) is 0 Å². The van der Waals surface area contributed by atoms with E-state index >= 15 is 0 Å². The van der Waals surface area contributed by atoms with Crippen LogP contribution in [0, 0.1) is 11.8 Å². The molecule has 0 radical (unpaired) electrons. The van der Waals surface area contributed by atoms with Gasteiger partial charge in [-0.3, -0.25) is 9.59 Å². The molecule has 10 nitrogen and oxygen atoms in total. The molecule has 0 atom stereocenters. The number of amides is 3. The van der Waals surface area contributed by atoms with E-state index in [-0.39, 0.29) is 24.5 Å². The number of benzene rings is 1. The first kappa shape index (κ1) is 27.6. The van der Waals surface area contributed by atoms with Gasteiger partial charge in [0.05, 0.1) is 17.2 Å². The van der Waals surface area contributed by atoms with Crippen LogP contribution in [0.25, 0.3) is 10.9 Å². The summed E-state index contributed by atoms with van der Waals surface area (Å²) in [7, 11) is 3.45. The molecular formula is C28H39N5O5. The number of hydrogen-bond acceptors (Lipinski definition) is 6. The van der Waals surface area contributed by atoms with Gasteiger partial charge in [-0.15, -0.1) is 0 Å². The van der Waals surface area contributed by atoms with E-state index in [2.05, 4.69) is 15.5 Å². The maximum atomic E-state index is 13.3. The summed E-state index contributed by atoms with van der Waals surface area (Å²) in [6.45, 7) is 2.69. The summed E-state index contributed by atoms with van der Waals surface area (Å²) < 4.78 is 5.81. The zero-order valence-electron chi connectivity index (χ0n) is 22.3. The van der Waals surface area contributed by atoms with Crippen molar-refractivity contribution in [3.8, 4) is 0 Å². The average Bonchev–Trinajstić information content (AvgIpc) is 2.93. The first-order valence-corrected chi connectivity index (χ1v) is 13.5. The van der Waals surface area contributed by atoms with Gasteiger partial charge in [-0.25, -0.2) is 9.78 Å². The Morgan fingerprint density at radius 2 is 1.63 bits per heavy atom. The van der Waals surface area contributed by atoms with Gasteiger partial charge >= 0.3 is 6.09 Å². The Labute approximate surface area is 223 Å². The summed E-state index contributed by atoms with van der Waals surface area (Å²) in [5.74, 6) is 1.41. The molecule has 3 amide bonds. The number of pyridine rings is 1. The van der Waals surface area contributed by atoms with Crippen LogP contribution < -0.4 is 15.5 Å². The van der Waals surface area contributed by atoms with Crippen molar-refractivity contribution in [3.05, 3.63) is 35.9 Å². The SMILES string of the molecule is CN(C)C(=O)COC1CCN(c2cc(C(=O)NCC3CCC(CNC(=O)O)CC3)c3ccccc3n2)CC1. The zero-order valence-corrected chi connectivity index (χ0v) is 22.3. The van der Waals surface area contributed by atoms with E-state index < -0.39 is 6.09 Å². The smallest absolute Gasteiger partial charge is 0.404 e. The van der Waals surface area contributed by atoms with Crippen molar-refractivity contribution in [2.45, 2.75) is 44.6 Å². The average molecular weight is 526 g/mol. The van der Waals surface area contributed by atoms with Crippen LogP contribution in [0.1, 0.15) is 48.9 Å². The number of carbonyl (C=O) groups excluding carboxylic acids is 2. The van der Waals surface area contributed by atoms with Crippen LogP contribution in [0.4, 0.5) is 10.6 Å². The Hall–Kier alpha value is -3.40. The number of hydrogen-bond donors (Lipinski definition) is 3. The number of nitrogens with zero attached hydrogens (tertiary/aromatic N) is 3. The van der Waals surface area contributed by atoms with Gasteiger partial charge in [-0.05, 0) is 62.5 Å². The molecule has 3 N–H and O–H groups in total. The monoisotopic (exact) mass is 525 g/mol. The minimum atomic E-state index is -0.975. The second-order valence-electron chi connectivity index (χ2n) is 10.6. The highest BCUT2D eigenvalue weighted by Crippen LogP contribution is 2.29. The van der Waals surface area contributed by atoms with Crippen LogP contribution in [0.5, 0.6) is 0 Å². The first-order valence-electron chi connectivity index (χ1n) is 13.5. The van der Waals surface area contributed by atoms with Crippen molar-refractivity contribution >= 4 is 34.6 Å². The number of nitrogens with one attached hydrogen (secondary N) is 2. The van der Waals surface area contributed by atoms with Gasteiger partial charge in [0.15, 0.2) is 0 Å². The molecule has 2 aromatic rings. The number of anilines is 1. The third-order valence-corrected chi connectivity index (χ3v) is 7.71. The van der Waals surface area contributed by atoms with Gasteiger partial charge in [-0.1, -0.05) is 18.2 Å². The maximum Gasteiger partial charge on any atom is 0.404 e. The highest BCUT2D eigenvalue weighted by Gasteiger charge is 2.25. The van der Waals surface area contributed by atoms with E-state index in [0.29, 0.717) is 30.5 Å². The number of piperidine rings is 1. The molecule has 1 aromatic carbocycles. The molecule has 1 saturated heterocycles. The minimum absolute atomic E-state index is 0.0355. The molecular weight excluding hydrogens is 486 g/mol. The van der Waals surface area contributed by atoms with E-state index in [1.165, 1.54) is 4.90 Å². The summed E-state index contributed by atoms with van der Waals surface area (Å²) in [5, 5.41) is 15.3. The lowest BCUT2D eigenvalue weighted by Crippen LogP contribution is -2.39. The van der Waals surface area contributed by atoms with Crippen molar-refractivity contribution in [2.24, 2.45) is 11.8 Å². The molecule has 10 heteroatoms. The first-order chi connectivity index (χ1) is 18.3. The molecule has 1 aliphatic carbocycles. The maximum absolute atomic E-state index is 13.3. The number of carboxylic acid groups (broad SMARTS) is 1. The number of fused-ring (bicyclic) bond motifs is 1. The molecule has 2 heterocycles. The standard InChI is InChI=1S/C28H39N5O5/c1-32(2)26(34)18-38-21-11-13-33(14-12-21)25-15-23(22-5-3-4-6-24(22)31-25)27(35)29-16-19-7-9-20(10-8-19)17-30-28(36)37/h3-6,15,19-21,30H,7-14,16-18H2,1-2H3,(H,29,35)(H,36,37). The second kappa shape index (κ2) is 12.9. The van der Waals surface area contributed by atoms with E-state index in [9.17, 15) is 14.4 Å². The number of rotatable bonds is 9. The predicted octanol–water partition coefficient (Wildman–Crippen LogP) is 3.11. The normalized spacial score (nSPS) is 20.2. The van der Waals surface area contributed by atoms with E-state index in [1.807, 2.05) is 30.3 Å². The second-order valence-corrected chi connectivity index (χ2v) is 10.6. The molecule has 4 rings (SSSR count). The fourth-order valence-electron chi connectivity index (χ4n) is 5.28. The van der Waals surface area contributed by atoms with Crippen LogP contribution in [0.3, 0.4) is 0 Å². The van der Waals surface area contributed by atoms with Crippen LogP contribution in [-0.2, 0) is 9.53 Å². The lowest BCUT2D eigenvalue weighted by atomic mass is 9.82. The number of para-hydroxylation sites is 1. The van der Waals surface area contributed by atoms with Crippen molar-refractivity contribution in [2.75, 3.05) is 51.8 Å². The van der Waals surface area contributed by atoms with Crippen molar-refractivity contribution < 1.29 is 24.2 Å². The van der Waals surface area contributed by atoms with Gasteiger partial charge in [-0.2, -0.15) is 0 Å². The van der Waals surface area contributed by atoms with Crippen molar-refractivity contribution in [3.63, 3.8) is 0 Å². The predicted molar refractivity (Wildman–Crippen MR) is 145 cm³/mol. The quantitative estimate of drug-likeness (QED) is 0.460. The highest BCUT2D eigenvalue weighted by atomic mass is 16.5. The Morgan fingerprint density at radius 3 is 2.26 bits per heavy atom. The molecule has 38 heavy (non-hydrogen) atoms. The fraction of sp³-hybridized carbons (Fsp3) is 0.571. The summed E-state index contributed by atoms with van der Waals surface area (Å²) in [4.78, 5) is 44.5. The molecule has 1 aromatic heterocycles. The van der Waals surface area contributed by atoms with E-state index in [0.717, 1.165) is 68.3 Å². The molecule has 0 bridgehead atoms. The fourth-order valence-corrected chi connectivity index (χ4v) is 5.28. The Morgan fingerprint density at radius 1 is 1.00 bits per heavy atom. The van der Waals surface area contributed by atoms with E-state index in [1.54, 1.807) is 14.1 Å². The zero-order chi connectivity index (χ0) is 27.1. The molecule has 1 aliphatic heterocycles. The summed E-state index contributed by atoms with van der Waals surface area (Å²) in [6, 6.07) is 9.61. The van der Waals surface area contributed by atoms with Crippen LogP contribution in [0.2, 0.25) is 0 Å². The lowest BCUT2D eigenvalue weighted by molar-refractivity contribution is -0.136. The summed E-state index contributed by atoms with van der Waals surface area (Å²) >= 11 is 0. The number of likely N-dealkylation sites (N-methyl/N-ethyl adjacent to an activating group) is 1.